The van der Waals surface area contributed by atoms with E-state index in [1.807, 2.05) is 30.3 Å². The number of rotatable bonds is 4. The summed E-state index contributed by atoms with van der Waals surface area (Å²) in [6, 6.07) is 16.1. The third-order valence-corrected chi connectivity index (χ3v) is 4.55. The van der Waals surface area contributed by atoms with Gasteiger partial charge >= 0.3 is 5.97 Å². The normalized spacial score (nSPS) is 16.5. The predicted octanol–water partition coefficient (Wildman–Crippen LogP) is 2.49. The number of ether oxygens (including phenoxy) is 1. The molecule has 0 aromatic heterocycles. The first-order valence-electron chi connectivity index (χ1n) is 8.33. The molecule has 6 heteroatoms. The Balaban J connectivity index is 1.81. The molecule has 1 atom stereocenters. The Morgan fingerprint density at radius 3 is 2.42 bits per heavy atom. The fourth-order valence-corrected chi connectivity index (χ4v) is 3.15. The lowest BCUT2D eigenvalue weighted by atomic mass is 10.1. The Morgan fingerprint density at radius 2 is 1.73 bits per heavy atom. The Bertz CT molecular complexity index is 835. The van der Waals surface area contributed by atoms with E-state index in [9.17, 15) is 14.4 Å². The van der Waals surface area contributed by atoms with Gasteiger partial charge < -0.3 is 14.5 Å². The van der Waals surface area contributed by atoms with Crippen LogP contribution in [0.2, 0.25) is 0 Å². The van der Waals surface area contributed by atoms with Crippen LogP contribution in [-0.2, 0) is 14.3 Å². The highest BCUT2D eigenvalue weighted by Crippen LogP contribution is 2.30. The zero-order valence-electron chi connectivity index (χ0n) is 14.7. The van der Waals surface area contributed by atoms with E-state index in [1.165, 1.54) is 12.0 Å². The second-order valence-electron chi connectivity index (χ2n) is 6.15. The molecule has 3 rings (SSSR count). The second kappa shape index (κ2) is 7.39. The van der Waals surface area contributed by atoms with Crippen molar-refractivity contribution >= 4 is 29.2 Å². The van der Waals surface area contributed by atoms with Crippen LogP contribution in [0.1, 0.15) is 16.8 Å². The molecule has 1 heterocycles. The molecule has 26 heavy (non-hydrogen) atoms. The van der Waals surface area contributed by atoms with Crippen molar-refractivity contribution in [3.63, 3.8) is 0 Å². The molecule has 1 fully saturated rings. The average molecular weight is 352 g/mol. The minimum atomic E-state index is -0.510. The number of amides is 2. The number of benzene rings is 2. The molecule has 2 aromatic rings. The molecule has 0 N–H and O–H groups in total. The van der Waals surface area contributed by atoms with Crippen LogP contribution in [0.3, 0.4) is 0 Å². The van der Waals surface area contributed by atoms with Crippen LogP contribution in [0.4, 0.5) is 11.4 Å². The zero-order chi connectivity index (χ0) is 18.7. The maximum Gasteiger partial charge on any atom is 0.339 e. The summed E-state index contributed by atoms with van der Waals surface area (Å²) < 4.78 is 4.79. The number of esters is 1. The van der Waals surface area contributed by atoms with Gasteiger partial charge in [-0.3, -0.25) is 9.59 Å². The molecule has 1 aliphatic rings. The molecular weight excluding hydrogens is 332 g/mol. The minimum absolute atomic E-state index is 0.117. The standard InChI is InChI=1S/C20H20N2O4/c1-21(15-8-4-3-5-9-15)19(24)14-12-18(23)22(13-14)17-11-7-6-10-16(17)20(25)26-2/h3-11,14H,12-13H2,1-2H3. The minimum Gasteiger partial charge on any atom is -0.465 e. The number of hydrogen-bond donors (Lipinski definition) is 0. The van der Waals surface area contributed by atoms with Crippen molar-refractivity contribution in [2.24, 2.45) is 5.92 Å². The molecule has 0 bridgehead atoms. The lowest BCUT2D eigenvalue weighted by molar-refractivity contribution is -0.124. The number of para-hydroxylation sites is 2. The van der Waals surface area contributed by atoms with E-state index in [4.69, 9.17) is 4.74 Å². The predicted molar refractivity (Wildman–Crippen MR) is 98.1 cm³/mol. The highest BCUT2D eigenvalue weighted by Gasteiger charge is 2.38. The summed E-state index contributed by atoms with van der Waals surface area (Å²) in [5.41, 5.74) is 1.56. The molecule has 1 saturated heterocycles. The van der Waals surface area contributed by atoms with Gasteiger partial charge in [0.15, 0.2) is 0 Å². The number of hydrogen-bond acceptors (Lipinski definition) is 4. The van der Waals surface area contributed by atoms with Gasteiger partial charge in [-0.1, -0.05) is 30.3 Å². The van der Waals surface area contributed by atoms with Gasteiger partial charge in [0.25, 0.3) is 0 Å². The van der Waals surface area contributed by atoms with Gasteiger partial charge in [0.1, 0.15) is 0 Å². The molecule has 6 nitrogen and oxygen atoms in total. The first-order valence-corrected chi connectivity index (χ1v) is 8.33. The lowest BCUT2D eigenvalue weighted by Gasteiger charge is -2.22. The van der Waals surface area contributed by atoms with Gasteiger partial charge in [0, 0.05) is 25.7 Å². The summed E-state index contributed by atoms with van der Waals surface area (Å²) in [5, 5.41) is 0. The highest BCUT2D eigenvalue weighted by atomic mass is 16.5. The monoisotopic (exact) mass is 352 g/mol. The molecule has 134 valence electrons. The summed E-state index contributed by atoms with van der Waals surface area (Å²) in [6.45, 7) is 0.239. The molecule has 0 saturated carbocycles. The van der Waals surface area contributed by atoms with Crippen LogP contribution >= 0.6 is 0 Å². The van der Waals surface area contributed by atoms with E-state index in [0.717, 1.165) is 5.69 Å². The highest BCUT2D eigenvalue weighted by molar-refractivity contribution is 6.07. The van der Waals surface area contributed by atoms with Crippen molar-refractivity contribution < 1.29 is 19.1 Å². The third kappa shape index (κ3) is 3.31. The molecule has 0 radical (unpaired) electrons. The maximum atomic E-state index is 12.8. The first kappa shape index (κ1) is 17.7. The van der Waals surface area contributed by atoms with E-state index in [2.05, 4.69) is 0 Å². The van der Waals surface area contributed by atoms with Crippen molar-refractivity contribution in [3.05, 3.63) is 60.2 Å². The molecule has 2 amide bonds. The smallest absolute Gasteiger partial charge is 0.339 e. The van der Waals surface area contributed by atoms with E-state index in [0.29, 0.717) is 11.3 Å². The van der Waals surface area contributed by atoms with Crippen molar-refractivity contribution in [2.75, 3.05) is 30.5 Å². The summed E-state index contributed by atoms with van der Waals surface area (Å²) in [7, 11) is 3.00. The quantitative estimate of drug-likeness (QED) is 0.793. The Hall–Kier alpha value is -3.15. The molecule has 2 aromatic carbocycles. The molecule has 0 aliphatic carbocycles. The van der Waals surface area contributed by atoms with E-state index in [-0.39, 0.29) is 24.8 Å². The lowest BCUT2D eigenvalue weighted by Crippen LogP contribution is -2.35. The van der Waals surface area contributed by atoms with Crippen LogP contribution in [0, 0.1) is 5.92 Å². The van der Waals surface area contributed by atoms with Crippen LogP contribution < -0.4 is 9.80 Å². The average Bonchev–Trinajstić information content (AvgIpc) is 3.08. The van der Waals surface area contributed by atoms with Gasteiger partial charge in [-0.2, -0.15) is 0 Å². The summed E-state index contributed by atoms with van der Waals surface area (Å²) in [5.74, 6) is -1.27. The van der Waals surface area contributed by atoms with E-state index in [1.54, 1.807) is 36.2 Å². The van der Waals surface area contributed by atoms with Crippen LogP contribution in [0.25, 0.3) is 0 Å². The molecule has 1 unspecified atom stereocenters. The SMILES string of the molecule is COC(=O)c1ccccc1N1CC(C(=O)N(C)c2ccccc2)CC1=O. The summed E-state index contributed by atoms with van der Waals surface area (Å²) in [6.07, 6.45) is 0.117. The number of carbonyl (C=O) groups excluding carboxylic acids is 3. The van der Waals surface area contributed by atoms with Gasteiger partial charge in [0.05, 0.1) is 24.3 Å². The van der Waals surface area contributed by atoms with Gasteiger partial charge in [0.2, 0.25) is 11.8 Å². The van der Waals surface area contributed by atoms with Gasteiger partial charge in [-0.15, -0.1) is 0 Å². The molecule has 1 aliphatic heterocycles. The fraction of sp³-hybridized carbons (Fsp3) is 0.250. The van der Waals surface area contributed by atoms with E-state index < -0.39 is 11.9 Å². The number of nitrogens with zero attached hydrogens (tertiary/aromatic N) is 2. The summed E-state index contributed by atoms with van der Waals surface area (Å²) >= 11 is 0. The first-order chi connectivity index (χ1) is 12.5. The summed E-state index contributed by atoms with van der Waals surface area (Å²) in [4.78, 5) is 40.3. The third-order valence-electron chi connectivity index (χ3n) is 4.55. The Kier molecular flexibility index (Phi) is 5.02. The Labute approximate surface area is 152 Å². The molecular formula is C20H20N2O4. The Morgan fingerprint density at radius 1 is 1.08 bits per heavy atom. The van der Waals surface area contributed by atoms with E-state index >= 15 is 0 Å². The number of methoxy groups -OCH3 is 1. The maximum absolute atomic E-state index is 12.8. The van der Waals surface area contributed by atoms with Gasteiger partial charge in [-0.25, -0.2) is 4.79 Å². The number of anilines is 2. The topological polar surface area (TPSA) is 66.9 Å². The second-order valence-corrected chi connectivity index (χ2v) is 6.15. The largest absolute Gasteiger partial charge is 0.465 e. The van der Waals surface area contributed by atoms with Crippen molar-refractivity contribution in [1.29, 1.82) is 0 Å². The van der Waals surface area contributed by atoms with Crippen LogP contribution in [0.5, 0.6) is 0 Å². The van der Waals surface area contributed by atoms with Crippen LogP contribution in [0.15, 0.2) is 54.6 Å². The number of carbonyl (C=O) groups is 3. The zero-order valence-corrected chi connectivity index (χ0v) is 14.7. The fourth-order valence-electron chi connectivity index (χ4n) is 3.15. The van der Waals surface area contributed by atoms with Crippen molar-refractivity contribution in [3.8, 4) is 0 Å². The molecule has 0 spiro atoms. The van der Waals surface area contributed by atoms with Gasteiger partial charge in [-0.05, 0) is 24.3 Å². The van der Waals surface area contributed by atoms with Crippen molar-refractivity contribution in [1.82, 2.24) is 0 Å². The van der Waals surface area contributed by atoms with Crippen molar-refractivity contribution in [2.45, 2.75) is 6.42 Å². The van der Waals surface area contributed by atoms with Crippen LogP contribution in [-0.4, -0.2) is 38.5 Å².